The van der Waals surface area contributed by atoms with Gasteiger partial charge in [-0.2, -0.15) is 0 Å². The number of methoxy groups -OCH3 is 1. The van der Waals surface area contributed by atoms with Crippen LogP contribution in [-0.2, 0) is 0 Å². The van der Waals surface area contributed by atoms with Crippen LogP contribution in [0.4, 0.5) is 0 Å². The standard InChI is InChI=1S/C11H13ClO5/c1-17-9-3-2-6(7(5-13)11(9)16)10(15)8(14)4-12/h2-3,5,8,10,14-16H,4H2,1H3. The Bertz CT molecular complexity index is 407. The van der Waals surface area contributed by atoms with E-state index in [1.54, 1.807) is 0 Å². The summed E-state index contributed by atoms with van der Waals surface area (Å²) in [5.74, 6) is -0.448. The Morgan fingerprint density at radius 2 is 2.12 bits per heavy atom. The fourth-order valence-electron chi connectivity index (χ4n) is 1.44. The molecular formula is C11H13ClO5. The third-order valence-corrected chi connectivity index (χ3v) is 2.71. The highest BCUT2D eigenvalue weighted by Gasteiger charge is 2.23. The Balaban J connectivity index is 3.25. The van der Waals surface area contributed by atoms with Gasteiger partial charge in [0.25, 0.3) is 0 Å². The lowest BCUT2D eigenvalue weighted by Crippen LogP contribution is -2.21. The number of aldehydes is 1. The van der Waals surface area contributed by atoms with Gasteiger partial charge in [0.15, 0.2) is 17.8 Å². The van der Waals surface area contributed by atoms with Crippen molar-refractivity contribution < 1.29 is 24.9 Å². The molecule has 94 valence electrons. The van der Waals surface area contributed by atoms with Crippen molar-refractivity contribution in [1.82, 2.24) is 0 Å². The minimum Gasteiger partial charge on any atom is -0.504 e. The first-order chi connectivity index (χ1) is 8.06. The number of ether oxygens (including phenoxy) is 1. The molecule has 17 heavy (non-hydrogen) atoms. The van der Waals surface area contributed by atoms with Crippen LogP contribution in [0.3, 0.4) is 0 Å². The lowest BCUT2D eigenvalue weighted by Gasteiger charge is -2.18. The van der Waals surface area contributed by atoms with Crippen molar-refractivity contribution in [3.05, 3.63) is 23.3 Å². The second-order valence-electron chi connectivity index (χ2n) is 3.40. The van der Waals surface area contributed by atoms with Gasteiger partial charge in [0.1, 0.15) is 6.10 Å². The number of carbonyl (C=O) groups is 1. The van der Waals surface area contributed by atoms with Crippen LogP contribution in [0.5, 0.6) is 11.5 Å². The summed E-state index contributed by atoms with van der Waals surface area (Å²) in [5.41, 5.74) is -0.0209. The lowest BCUT2D eigenvalue weighted by molar-refractivity contribution is 0.0321. The Hall–Kier alpha value is -1.30. The molecule has 0 heterocycles. The quantitative estimate of drug-likeness (QED) is 0.540. The zero-order valence-electron chi connectivity index (χ0n) is 9.13. The van der Waals surface area contributed by atoms with E-state index >= 15 is 0 Å². The van der Waals surface area contributed by atoms with E-state index in [2.05, 4.69) is 0 Å². The number of phenolic OH excluding ortho intramolecular Hbond substituents is 1. The summed E-state index contributed by atoms with van der Waals surface area (Å²) in [6, 6.07) is 2.78. The molecule has 2 atom stereocenters. The molecule has 0 amide bonds. The third kappa shape index (κ3) is 2.69. The minimum atomic E-state index is -1.34. The number of rotatable bonds is 5. The Kier molecular flexibility index (Phi) is 4.74. The van der Waals surface area contributed by atoms with Crippen LogP contribution in [-0.4, -0.2) is 40.7 Å². The summed E-state index contributed by atoms with van der Waals surface area (Å²) in [6.45, 7) is 0. The maximum absolute atomic E-state index is 10.9. The van der Waals surface area contributed by atoms with Crippen molar-refractivity contribution in [2.45, 2.75) is 12.2 Å². The average Bonchev–Trinajstić information content (AvgIpc) is 2.36. The van der Waals surface area contributed by atoms with E-state index in [0.717, 1.165) is 0 Å². The molecular weight excluding hydrogens is 248 g/mol. The van der Waals surface area contributed by atoms with E-state index in [1.807, 2.05) is 0 Å². The molecule has 1 aromatic rings. The number of alkyl halides is 1. The van der Waals surface area contributed by atoms with E-state index in [9.17, 15) is 20.1 Å². The molecule has 6 heteroatoms. The van der Waals surface area contributed by atoms with E-state index in [0.29, 0.717) is 6.29 Å². The molecule has 0 aliphatic rings. The van der Waals surface area contributed by atoms with Gasteiger partial charge in [0.05, 0.1) is 24.7 Å². The number of hydrogen-bond acceptors (Lipinski definition) is 5. The van der Waals surface area contributed by atoms with E-state index < -0.39 is 12.2 Å². The highest BCUT2D eigenvalue weighted by molar-refractivity contribution is 6.18. The van der Waals surface area contributed by atoms with Gasteiger partial charge in [-0.1, -0.05) is 6.07 Å². The average molecular weight is 261 g/mol. The van der Waals surface area contributed by atoms with Gasteiger partial charge in [-0.25, -0.2) is 0 Å². The van der Waals surface area contributed by atoms with Crippen LogP contribution in [0.25, 0.3) is 0 Å². The maximum atomic E-state index is 10.9. The van der Waals surface area contributed by atoms with Crippen LogP contribution >= 0.6 is 11.6 Å². The van der Waals surface area contributed by atoms with Crippen LogP contribution in [0.15, 0.2) is 12.1 Å². The summed E-state index contributed by atoms with van der Waals surface area (Å²) < 4.78 is 4.83. The number of aromatic hydroxyl groups is 1. The zero-order chi connectivity index (χ0) is 13.0. The molecule has 0 radical (unpaired) electrons. The van der Waals surface area contributed by atoms with Crippen molar-refractivity contribution in [2.24, 2.45) is 0 Å². The molecule has 1 aromatic carbocycles. The normalized spacial score (nSPS) is 14.1. The number of aliphatic hydroxyl groups excluding tert-OH is 2. The molecule has 3 N–H and O–H groups in total. The first-order valence-corrected chi connectivity index (χ1v) is 5.37. The second kappa shape index (κ2) is 5.86. The molecule has 0 aliphatic heterocycles. The first kappa shape index (κ1) is 13.8. The predicted molar refractivity (Wildman–Crippen MR) is 61.7 cm³/mol. The highest BCUT2D eigenvalue weighted by atomic mass is 35.5. The van der Waals surface area contributed by atoms with Crippen LogP contribution in [0.2, 0.25) is 0 Å². The summed E-state index contributed by atoms with van der Waals surface area (Å²) in [6.07, 6.45) is -2.18. The summed E-state index contributed by atoms with van der Waals surface area (Å²) in [7, 11) is 1.34. The Morgan fingerprint density at radius 3 is 2.59 bits per heavy atom. The topological polar surface area (TPSA) is 87.0 Å². The van der Waals surface area contributed by atoms with Gasteiger partial charge in [-0.15, -0.1) is 11.6 Å². The molecule has 0 saturated carbocycles. The minimum absolute atomic E-state index is 0.103. The lowest BCUT2D eigenvalue weighted by atomic mass is 9.98. The smallest absolute Gasteiger partial charge is 0.168 e. The van der Waals surface area contributed by atoms with Gasteiger partial charge < -0.3 is 20.1 Å². The summed E-state index contributed by atoms with van der Waals surface area (Å²) in [4.78, 5) is 10.9. The van der Waals surface area contributed by atoms with E-state index in [-0.39, 0.29) is 28.5 Å². The Morgan fingerprint density at radius 1 is 1.47 bits per heavy atom. The van der Waals surface area contributed by atoms with Gasteiger partial charge in [-0.3, -0.25) is 4.79 Å². The van der Waals surface area contributed by atoms with Gasteiger partial charge in [-0.05, 0) is 11.6 Å². The van der Waals surface area contributed by atoms with E-state index in [1.165, 1.54) is 19.2 Å². The number of hydrogen-bond donors (Lipinski definition) is 3. The molecule has 2 unspecified atom stereocenters. The van der Waals surface area contributed by atoms with E-state index in [4.69, 9.17) is 16.3 Å². The predicted octanol–water partition coefficient (Wildman–Crippen LogP) is 0.846. The SMILES string of the molecule is COc1ccc(C(O)C(O)CCl)c(C=O)c1O. The van der Waals surface area contributed by atoms with Crippen molar-refractivity contribution >= 4 is 17.9 Å². The largest absolute Gasteiger partial charge is 0.504 e. The van der Waals surface area contributed by atoms with Crippen LogP contribution in [0, 0.1) is 0 Å². The Labute approximate surface area is 103 Å². The van der Waals surface area contributed by atoms with Crippen molar-refractivity contribution in [3.8, 4) is 11.5 Å². The molecule has 0 saturated heterocycles. The first-order valence-electron chi connectivity index (χ1n) is 4.83. The molecule has 0 spiro atoms. The van der Waals surface area contributed by atoms with Crippen molar-refractivity contribution in [1.29, 1.82) is 0 Å². The van der Waals surface area contributed by atoms with Gasteiger partial charge >= 0.3 is 0 Å². The molecule has 0 fully saturated rings. The van der Waals surface area contributed by atoms with Crippen LogP contribution < -0.4 is 4.74 Å². The maximum Gasteiger partial charge on any atom is 0.168 e. The number of benzene rings is 1. The molecule has 0 aromatic heterocycles. The summed E-state index contributed by atoms with van der Waals surface area (Å²) >= 11 is 5.41. The molecule has 0 bridgehead atoms. The third-order valence-electron chi connectivity index (χ3n) is 2.39. The number of aliphatic hydroxyl groups is 2. The second-order valence-corrected chi connectivity index (χ2v) is 3.71. The van der Waals surface area contributed by atoms with Gasteiger partial charge in [0, 0.05) is 0 Å². The fraction of sp³-hybridized carbons (Fsp3) is 0.364. The number of carbonyl (C=O) groups excluding carboxylic acids is 1. The molecule has 0 aliphatic carbocycles. The highest BCUT2D eigenvalue weighted by Crippen LogP contribution is 2.34. The summed E-state index contributed by atoms with van der Waals surface area (Å²) in [5, 5.41) is 28.8. The van der Waals surface area contributed by atoms with Gasteiger partial charge in [0.2, 0.25) is 0 Å². The number of halogens is 1. The fourth-order valence-corrected chi connectivity index (χ4v) is 1.61. The number of phenols is 1. The molecule has 5 nitrogen and oxygen atoms in total. The molecule has 1 rings (SSSR count). The van der Waals surface area contributed by atoms with Crippen molar-refractivity contribution in [2.75, 3.05) is 13.0 Å². The monoisotopic (exact) mass is 260 g/mol. The van der Waals surface area contributed by atoms with Crippen LogP contribution in [0.1, 0.15) is 22.0 Å². The van der Waals surface area contributed by atoms with Crippen molar-refractivity contribution in [3.63, 3.8) is 0 Å². The zero-order valence-corrected chi connectivity index (χ0v) is 9.89.